The number of rotatable bonds is 5. The fourth-order valence-electron chi connectivity index (χ4n) is 3.08. The molecule has 0 radical (unpaired) electrons. The molecule has 1 aliphatic heterocycles. The van der Waals surface area contributed by atoms with Crippen LogP contribution in [0.15, 0.2) is 11.6 Å². The zero-order valence-corrected chi connectivity index (χ0v) is 14.0. The van der Waals surface area contributed by atoms with Gasteiger partial charge < -0.3 is 14.7 Å². The fourth-order valence-corrected chi connectivity index (χ4v) is 3.08. The average Bonchev–Trinajstić information content (AvgIpc) is 2.52. The molecule has 124 valence electrons. The van der Waals surface area contributed by atoms with Crippen LogP contribution in [0.1, 0.15) is 39.0 Å². The van der Waals surface area contributed by atoms with Gasteiger partial charge in [-0.1, -0.05) is 11.6 Å². The van der Waals surface area contributed by atoms with Crippen LogP contribution < -0.4 is 0 Å². The molecule has 1 saturated heterocycles. The van der Waals surface area contributed by atoms with Crippen molar-refractivity contribution in [2.45, 2.75) is 39.0 Å². The number of amides is 2. The third-order valence-corrected chi connectivity index (χ3v) is 4.72. The lowest BCUT2D eigenvalue weighted by molar-refractivity contribution is -0.140. The van der Waals surface area contributed by atoms with Gasteiger partial charge in [0.15, 0.2) is 0 Å². The SMILES string of the molecule is CC(=O)N(CCC1=CCCCC1)CC(=O)N1CCN(C)CC1. The van der Waals surface area contributed by atoms with E-state index >= 15 is 0 Å². The molecule has 5 heteroatoms. The Labute approximate surface area is 133 Å². The van der Waals surface area contributed by atoms with Crippen molar-refractivity contribution in [3.8, 4) is 0 Å². The first-order chi connectivity index (χ1) is 10.6. The molecular weight excluding hydrogens is 278 g/mol. The first-order valence-corrected chi connectivity index (χ1v) is 8.46. The van der Waals surface area contributed by atoms with E-state index in [0.29, 0.717) is 6.54 Å². The quantitative estimate of drug-likeness (QED) is 0.723. The van der Waals surface area contributed by atoms with Gasteiger partial charge in [-0.2, -0.15) is 0 Å². The summed E-state index contributed by atoms with van der Waals surface area (Å²) < 4.78 is 0. The summed E-state index contributed by atoms with van der Waals surface area (Å²) in [6, 6.07) is 0. The van der Waals surface area contributed by atoms with Crippen molar-refractivity contribution in [1.82, 2.24) is 14.7 Å². The van der Waals surface area contributed by atoms with E-state index in [1.807, 2.05) is 4.90 Å². The predicted molar refractivity (Wildman–Crippen MR) is 87.5 cm³/mol. The molecule has 0 spiro atoms. The molecule has 1 heterocycles. The molecule has 5 nitrogen and oxygen atoms in total. The third kappa shape index (κ3) is 5.13. The van der Waals surface area contributed by atoms with Gasteiger partial charge in [0.25, 0.3) is 0 Å². The number of hydrogen-bond acceptors (Lipinski definition) is 3. The number of carbonyl (C=O) groups excluding carboxylic acids is 2. The van der Waals surface area contributed by atoms with Crippen LogP contribution in [-0.4, -0.2) is 72.8 Å². The Balaban J connectivity index is 1.81. The van der Waals surface area contributed by atoms with Gasteiger partial charge in [0.05, 0.1) is 6.54 Å². The largest absolute Gasteiger partial charge is 0.339 e. The summed E-state index contributed by atoms with van der Waals surface area (Å²) in [5.41, 5.74) is 1.45. The van der Waals surface area contributed by atoms with E-state index in [4.69, 9.17) is 0 Å². The summed E-state index contributed by atoms with van der Waals surface area (Å²) >= 11 is 0. The van der Waals surface area contributed by atoms with E-state index in [2.05, 4.69) is 18.0 Å². The Kier molecular flexibility index (Phi) is 6.43. The topological polar surface area (TPSA) is 43.9 Å². The van der Waals surface area contributed by atoms with Crippen LogP contribution in [0, 0.1) is 0 Å². The molecule has 0 aromatic carbocycles. The normalized spacial score (nSPS) is 19.7. The smallest absolute Gasteiger partial charge is 0.242 e. The highest BCUT2D eigenvalue weighted by molar-refractivity contribution is 5.83. The molecular formula is C17H29N3O2. The maximum absolute atomic E-state index is 12.4. The number of carbonyl (C=O) groups is 2. The summed E-state index contributed by atoms with van der Waals surface area (Å²) in [5, 5.41) is 0. The summed E-state index contributed by atoms with van der Waals surface area (Å²) in [5.74, 6) is 0.0832. The fraction of sp³-hybridized carbons (Fsp3) is 0.765. The van der Waals surface area contributed by atoms with Crippen LogP contribution in [0.2, 0.25) is 0 Å². The van der Waals surface area contributed by atoms with Crippen molar-refractivity contribution in [2.75, 3.05) is 46.3 Å². The van der Waals surface area contributed by atoms with Gasteiger partial charge in [0.1, 0.15) is 0 Å². The van der Waals surface area contributed by atoms with E-state index < -0.39 is 0 Å². The van der Waals surface area contributed by atoms with E-state index in [-0.39, 0.29) is 18.4 Å². The zero-order valence-electron chi connectivity index (χ0n) is 14.0. The molecule has 0 saturated carbocycles. The van der Waals surface area contributed by atoms with E-state index in [1.165, 1.54) is 18.4 Å². The molecule has 2 aliphatic rings. The van der Waals surface area contributed by atoms with Crippen LogP contribution >= 0.6 is 0 Å². The number of piperazine rings is 1. The minimum absolute atomic E-state index is 0.00103. The summed E-state index contributed by atoms with van der Waals surface area (Å²) in [6.07, 6.45) is 8.07. The molecule has 0 aromatic rings. The highest BCUT2D eigenvalue weighted by Crippen LogP contribution is 2.20. The highest BCUT2D eigenvalue weighted by Gasteiger charge is 2.22. The van der Waals surface area contributed by atoms with Crippen molar-refractivity contribution in [1.29, 1.82) is 0 Å². The first kappa shape index (κ1) is 17.0. The number of allylic oxidation sites excluding steroid dienone is 1. The standard InChI is InChI=1S/C17H29N3O2/c1-15(21)20(9-8-16-6-4-3-5-7-16)14-17(22)19-12-10-18(2)11-13-19/h6H,3-5,7-14H2,1-2H3. The lowest BCUT2D eigenvalue weighted by Gasteiger charge is -2.34. The maximum atomic E-state index is 12.4. The van der Waals surface area contributed by atoms with Gasteiger partial charge in [-0.05, 0) is 39.2 Å². The molecule has 0 N–H and O–H groups in total. The van der Waals surface area contributed by atoms with E-state index in [1.54, 1.807) is 11.8 Å². The Morgan fingerprint density at radius 3 is 2.50 bits per heavy atom. The van der Waals surface area contributed by atoms with Gasteiger partial charge in [0, 0.05) is 39.6 Å². The van der Waals surface area contributed by atoms with Gasteiger partial charge in [-0.3, -0.25) is 9.59 Å². The van der Waals surface area contributed by atoms with Crippen molar-refractivity contribution in [3.05, 3.63) is 11.6 Å². The van der Waals surface area contributed by atoms with Crippen molar-refractivity contribution in [3.63, 3.8) is 0 Å². The minimum atomic E-state index is -0.00103. The van der Waals surface area contributed by atoms with Crippen LogP contribution in [0.3, 0.4) is 0 Å². The molecule has 0 atom stereocenters. The van der Waals surface area contributed by atoms with E-state index in [9.17, 15) is 9.59 Å². The average molecular weight is 307 g/mol. The van der Waals surface area contributed by atoms with Crippen LogP contribution in [0.5, 0.6) is 0 Å². The Bertz CT molecular complexity index is 426. The van der Waals surface area contributed by atoms with Crippen LogP contribution in [0.25, 0.3) is 0 Å². The summed E-state index contributed by atoms with van der Waals surface area (Å²) in [7, 11) is 2.07. The Hall–Kier alpha value is -1.36. The summed E-state index contributed by atoms with van der Waals surface area (Å²) in [4.78, 5) is 30.0. The summed E-state index contributed by atoms with van der Waals surface area (Å²) in [6.45, 7) is 5.83. The maximum Gasteiger partial charge on any atom is 0.242 e. The monoisotopic (exact) mass is 307 g/mol. The Morgan fingerprint density at radius 1 is 1.18 bits per heavy atom. The Morgan fingerprint density at radius 2 is 1.91 bits per heavy atom. The van der Waals surface area contributed by atoms with Gasteiger partial charge in [0.2, 0.25) is 11.8 Å². The second kappa shape index (κ2) is 8.32. The molecule has 2 rings (SSSR count). The van der Waals surface area contributed by atoms with Crippen molar-refractivity contribution < 1.29 is 9.59 Å². The number of likely N-dealkylation sites (N-methyl/N-ethyl adjacent to an activating group) is 1. The van der Waals surface area contributed by atoms with Gasteiger partial charge in [-0.15, -0.1) is 0 Å². The van der Waals surface area contributed by atoms with Crippen molar-refractivity contribution in [2.24, 2.45) is 0 Å². The predicted octanol–water partition coefficient (Wildman–Crippen LogP) is 1.50. The third-order valence-electron chi connectivity index (χ3n) is 4.72. The lowest BCUT2D eigenvalue weighted by atomic mass is 9.97. The highest BCUT2D eigenvalue weighted by atomic mass is 16.2. The zero-order chi connectivity index (χ0) is 15.9. The molecule has 22 heavy (non-hydrogen) atoms. The van der Waals surface area contributed by atoms with Crippen molar-refractivity contribution >= 4 is 11.8 Å². The minimum Gasteiger partial charge on any atom is -0.339 e. The van der Waals surface area contributed by atoms with Gasteiger partial charge >= 0.3 is 0 Å². The lowest BCUT2D eigenvalue weighted by Crippen LogP contribution is -2.50. The second-order valence-corrected chi connectivity index (χ2v) is 6.48. The molecule has 0 aromatic heterocycles. The molecule has 1 aliphatic carbocycles. The molecule has 1 fully saturated rings. The molecule has 0 bridgehead atoms. The number of hydrogen-bond donors (Lipinski definition) is 0. The molecule has 2 amide bonds. The van der Waals surface area contributed by atoms with Crippen LogP contribution in [-0.2, 0) is 9.59 Å². The first-order valence-electron chi connectivity index (χ1n) is 8.46. The number of nitrogens with zero attached hydrogens (tertiary/aromatic N) is 3. The van der Waals surface area contributed by atoms with Crippen LogP contribution in [0.4, 0.5) is 0 Å². The van der Waals surface area contributed by atoms with E-state index in [0.717, 1.165) is 45.4 Å². The second-order valence-electron chi connectivity index (χ2n) is 6.48. The van der Waals surface area contributed by atoms with Gasteiger partial charge in [-0.25, -0.2) is 0 Å². The molecule has 0 unspecified atom stereocenters.